The highest BCUT2D eigenvalue weighted by atomic mass is 35.5. The topological polar surface area (TPSA) is 87.4 Å². The Kier molecular flexibility index (Phi) is 6.21. The van der Waals surface area contributed by atoms with Gasteiger partial charge in [-0.2, -0.15) is 0 Å². The van der Waals surface area contributed by atoms with Gasteiger partial charge < -0.3 is 4.74 Å². The number of fused-ring (bicyclic) bond motifs is 1. The summed E-state index contributed by atoms with van der Waals surface area (Å²) in [5.74, 6) is 0. The van der Waals surface area contributed by atoms with Crippen LogP contribution in [0.5, 0.6) is 0 Å². The second-order valence-electron chi connectivity index (χ2n) is 6.86. The van der Waals surface area contributed by atoms with Crippen LogP contribution in [0.1, 0.15) is 5.56 Å². The smallest absolute Gasteiger partial charge is 0.347 e. The molecule has 4 rings (SSSR count). The van der Waals surface area contributed by atoms with Crippen molar-refractivity contribution in [1.82, 2.24) is 8.54 Å². The van der Waals surface area contributed by atoms with Crippen molar-refractivity contribution in [2.24, 2.45) is 0 Å². The summed E-state index contributed by atoms with van der Waals surface area (Å²) in [5, 5.41) is 0.609. The minimum absolute atomic E-state index is 0.00912. The lowest BCUT2D eigenvalue weighted by molar-refractivity contribution is 0.0635. The maximum Gasteiger partial charge on any atom is 0.347 e. The third kappa shape index (κ3) is 4.22. The van der Waals surface area contributed by atoms with Gasteiger partial charge in [-0.15, -0.1) is 3.97 Å². The summed E-state index contributed by atoms with van der Waals surface area (Å²) in [7, 11) is -4.49. The number of rotatable bonds is 6. The molecule has 0 spiro atoms. The molecule has 0 radical (unpaired) electrons. The first-order valence-electron chi connectivity index (χ1n) is 9.37. The van der Waals surface area contributed by atoms with E-state index in [1.807, 2.05) is 30.3 Å². The molecule has 0 N–H and O–H groups in total. The van der Waals surface area contributed by atoms with Gasteiger partial charge in [0.05, 0.1) is 22.4 Å². The first-order valence-corrected chi connectivity index (χ1v) is 11.6. The molecule has 0 atom stereocenters. The predicted molar refractivity (Wildman–Crippen MR) is 123 cm³/mol. The number of aromatic nitrogens is 2. The molecule has 1 aromatic heterocycles. The second-order valence-corrected chi connectivity index (χ2v) is 9.52. The molecule has 0 aliphatic heterocycles. The summed E-state index contributed by atoms with van der Waals surface area (Å²) in [6, 6.07) is 18.7. The van der Waals surface area contributed by atoms with E-state index in [4.69, 9.17) is 27.9 Å². The minimum Gasteiger partial charge on any atom is -0.356 e. The molecule has 0 aliphatic rings. The summed E-state index contributed by atoms with van der Waals surface area (Å²) >= 11 is 11.9. The zero-order valence-corrected chi connectivity index (χ0v) is 18.8. The Morgan fingerprint density at radius 1 is 0.844 bits per heavy atom. The highest BCUT2D eigenvalue weighted by Gasteiger charge is 2.25. The number of hydrogen-bond donors (Lipinski definition) is 0. The van der Waals surface area contributed by atoms with Crippen molar-refractivity contribution >= 4 is 44.1 Å². The maximum atomic E-state index is 13.2. The van der Waals surface area contributed by atoms with Crippen molar-refractivity contribution in [2.45, 2.75) is 18.2 Å². The van der Waals surface area contributed by atoms with Gasteiger partial charge in [-0.1, -0.05) is 53.5 Å². The molecular formula is C22H16Cl2N2O5S. The summed E-state index contributed by atoms with van der Waals surface area (Å²) in [4.78, 5) is 26.1. The Morgan fingerprint density at radius 3 is 2.19 bits per heavy atom. The number of ether oxygens (including phenoxy) is 1. The lowest BCUT2D eigenvalue weighted by atomic mass is 10.2. The normalized spacial score (nSPS) is 11.7. The Labute approximate surface area is 193 Å². The van der Waals surface area contributed by atoms with E-state index >= 15 is 0 Å². The number of benzene rings is 3. The van der Waals surface area contributed by atoms with E-state index in [1.54, 1.807) is 0 Å². The average molecular weight is 491 g/mol. The SMILES string of the molecule is O=c1c2ccc(Cl)cc2n(COCc2ccccc2)c(=O)n1S(=O)(=O)c1ccc(Cl)cc1. The molecule has 0 aliphatic carbocycles. The second kappa shape index (κ2) is 8.91. The molecule has 0 unspecified atom stereocenters. The van der Waals surface area contributed by atoms with E-state index in [0.29, 0.717) is 5.02 Å². The lowest BCUT2D eigenvalue weighted by Gasteiger charge is -2.15. The van der Waals surface area contributed by atoms with Crippen LogP contribution in [0, 0.1) is 0 Å². The van der Waals surface area contributed by atoms with E-state index in [0.717, 1.165) is 10.1 Å². The van der Waals surface area contributed by atoms with Gasteiger partial charge in [-0.3, -0.25) is 9.36 Å². The van der Waals surface area contributed by atoms with Crippen LogP contribution in [0.2, 0.25) is 10.0 Å². The Balaban J connectivity index is 1.87. The van der Waals surface area contributed by atoms with Gasteiger partial charge in [0.2, 0.25) is 0 Å². The van der Waals surface area contributed by atoms with E-state index in [-0.39, 0.29) is 38.1 Å². The lowest BCUT2D eigenvalue weighted by Crippen LogP contribution is -2.44. The van der Waals surface area contributed by atoms with Crippen molar-refractivity contribution < 1.29 is 13.2 Å². The van der Waals surface area contributed by atoms with Crippen molar-refractivity contribution in [3.05, 3.63) is 109 Å². The molecule has 0 amide bonds. The highest BCUT2D eigenvalue weighted by Crippen LogP contribution is 2.19. The first-order chi connectivity index (χ1) is 15.3. The van der Waals surface area contributed by atoms with Gasteiger partial charge in [-0.05, 0) is 48.0 Å². The van der Waals surface area contributed by atoms with E-state index < -0.39 is 21.3 Å². The molecule has 0 bridgehead atoms. The zero-order chi connectivity index (χ0) is 22.9. The van der Waals surface area contributed by atoms with Crippen molar-refractivity contribution in [3.8, 4) is 0 Å². The number of hydrogen-bond acceptors (Lipinski definition) is 5. The molecule has 1 heterocycles. The van der Waals surface area contributed by atoms with Crippen LogP contribution >= 0.6 is 23.2 Å². The number of nitrogens with zero attached hydrogens (tertiary/aromatic N) is 2. The van der Waals surface area contributed by atoms with Gasteiger partial charge >= 0.3 is 5.69 Å². The fraction of sp³-hybridized carbons (Fsp3) is 0.0909. The molecule has 32 heavy (non-hydrogen) atoms. The molecular weight excluding hydrogens is 475 g/mol. The maximum absolute atomic E-state index is 13.2. The van der Waals surface area contributed by atoms with E-state index in [2.05, 4.69) is 0 Å². The fourth-order valence-electron chi connectivity index (χ4n) is 3.20. The highest BCUT2D eigenvalue weighted by molar-refractivity contribution is 7.90. The van der Waals surface area contributed by atoms with Crippen molar-refractivity contribution in [1.29, 1.82) is 0 Å². The Hall–Kier alpha value is -2.91. The summed E-state index contributed by atoms with van der Waals surface area (Å²) in [6.07, 6.45) is 0. The summed E-state index contributed by atoms with van der Waals surface area (Å²) < 4.78 is 33.3. The largest absolute Gasteiger partial charge is 0.356 e. The third-order valence-electron chi connectivity index (χ3n) is 4.75. The summed E-state index contributed by atoms with van der Waals surface area (Å²) in [6.45, 7) is -0.112. The van der Waals surface area contributed by atoms with Gasteiger partial charge in [0.15, 0.2) is 0 Å². The van der Waals surface area contributed by atoms with Crippen LogP contribution in [0.4, 0.5) is 0 Å². The number of halogens is 2. The van der Waals surface area contributed by atoms with E-state index in [9.17, 15) is 18.0 Å². The van der Waals surface area contributed by atoms with Gasteiger partial charge in [-0.25, -0.2) is 13.2 Å². The third-order valence-corrected chi connectivity index (χ3v) is 6.91. The van der Waals surface area contributed by atoms with Crippen LogP contribution in [0.25, 0.3) is 10.9 Å². The molecule has 3 aromatic carbocycles. The van der Waals surface area contributed by atoms with Gasteiger partial charge in [0.1, 0.15) is 6.73 Å². The van der Waals surface area contributed by atoms with Crippen LogP contribution < -0.4 is 11.2 Å². The fourth-order valence-corrected chi connectivity index (χ4v) is 4.80. The van der Waals surface area contributed by atoms with Crippen LogP contribution in [0.15, 0.2) is 87.3 Å². The molecule has 0 saturated carbocycles. The quantitative estimate of drug-likeness (QED) is 0.409. The zero-order valence-electron chi connectivity index (χ0n) is 16.4. The van der Waals surface area contributed by atoms with Crippen LogP contribution in [-0.4, -0.2) is 17.0 Å². The summed E-state index contributed by atoms with van der Waals surface area (Å²) in [5.41, 5.74) is -1.00. The van der Waals surface area contributed by atoms with Crippen LogP contribution in [-0.2, 0) is 28.1 Å². The average Bonchev–Trinajstić information content (AvgIpc) is 2.77. The molecule has 7 nitrogen and oxygen atoms in total. The molecule has 0 saturated heterocycles. The van der Waals surface area contributed by atoms with Crippen molar-refractivity contribution in [2.75, 3.05) is 0 Å². The predicted octanol–water partition coefficient (Wildman–Crippen LogP) is 3.88. The Bertz CT molecular complexity index is 1510. The van der Waals surface area contributed by atoms with E-state index in [1.165, 1.54) is 42.5 Å². The standard InChI is InChI=1S/C22H16Cl2N2O5S/c23-16-6-9-18(10-7-16)32(29,30)26-21(27)19-11-8-17(24)12-20(19)25(22(26)28)14-31-13-15-4-2-1-3-5-15/h1-12H,13-14H2. The Morgan fingerprint density at radius 2 is 1.50 bits per heavy atom. The van der Waals surface area contributed by atoms with Gasteiger partial charge in [0.25, 0.3) is 15.6 Å². The molecule has 0 fully saturated rings. The van der Waals surface area contributed by atoms with Crippen LogP contribution in [0.3, 0.4) is 0 Å². The molecule has 4 aromatic rings. The van der Waals surface area contributed by atoms with Gasteiger partial charge in [0, 0.05) is 10.0 Å². The molecule has 164 valence electrons. The van der Waals surface area contributed by atoms with Crippen molar-refractivity contribution in [3.63, 3.8) is 0 Å². The minimum atomic E-state index is -4.49. The molecule has 10 heteroatoms. The monoisotopic (exact) mass is 490 g/mol. The first kappa shape index (κ1) is 22.3.